The normalized spacial score (nSPS) is 29.0. The number of anilines is 1. The molecule has 1 saturated heterocycles. The van der Waals surface area contributed by atoms with Gasteiger partial charge in [-0.2, -0.15) is 0 Å². The monoisotopic (exact) mass is 673 g/mol. The number of nitrogens with zero attached hydrogens (tertiary/aromatic N) is 3. The second-order valence-electron chi connectivity index (χ2n) is 15.3. The second-order valence-corrected chi connectivity index (χ2v) is 15.3. The van der Waals surface area contributed by atoms with Gasteiger partial charge < -0.3 is 19.6 Å². The molecule has 0 aromatic heterocycles. The number of ether oxygens (including phenoxy) is 1. The molecular weight excluding hydrogens is 630 g/mol. The molecule has 1 unspecified atom stereocenters. The summed E-state index contributed by atoms with van der Waals surface area (Å²) < 4.78 is 6.17. The lowest BCUT2D eigenvalue weighted by Crippen LogP contribution is -2.58. The molecule has 3 aromatic carbocycles. The van der Waals surface area contributed by atoms with Crippen LogP contribution in [0.3, 0.4) is 0 Å². The molecule has 0 spiro atoms. The fraction of sp³-hybridized carbons (Fsp3) is 0.415. The van der Waals surface area contributed by atoms with Crippen LogP contribution in [0, 0.1) is 23.2 Å². The van der Waals surface area contributed by atoms with Gasteiger partial charge in [-0.15, -0.1) is 0 Å². The van der Waals surface area contributed by atoms with Crippen LogP contribution in [0.1, 0.15) is 68.3 Å². The van der Waals surface area contributed by atoms with Gasteiger partial charge in [0.1, 0.15) is 23.9 Å². The Morgan fingerprint density at radius 1 is 0.780 bits per heavy atom. The molecule has 9 heteroatoms. The van der Waals surface area contributed by atoms with Crippen molar-refractivity contribution in [3.05, 3.63) is 113 Å². The minimum absolute atomic E-state index is 0.0749. The number of likely N-dealkylation sites (tertiary alicyclic amines) is 1. The average Bonchev–Trinajstić information content (AvgIpc) is 3.74. The number of para-hydroxylation sites is 1. The van der Waals surface area contributed by atoms with Gasteiger partial charge in [-0.05, 0) is 70.9 Å². The molecule has 9 rings (SSSR count). The maximum Gasteiger partial charge on any atom is 0.420 e. The van der Waals surface area contributed by atoms with Gasteiger partial charge in [-0.1, -0.05) is 93.6 Å². The van der Waals surface area contributed by atoms with E-state index in [9.17, 15) is 19.5 Å². The Kier molecular flexibility index (Phi) is 7.84. The van der Waals surface area contributed by atoms with E-state index in [1.807, 2.05) is 78.9 Å². The molecule has 1 N–H and O–H groups in total. The zero-order chi connectivity index (χ0) is 34.9. The first-order valence-corrected chi connectivity index (χ1v) is 17.8. The predicted octanol–water partition coefficient (Wildman–Crippen LogP) is 6.52. The third-order valence-corrected chi connectivity index (χ3v) is 12.4. The van der Waals surface area contributed by atoms with E-state index in [1.54, 1.807) is 4.90 Å². The van der Waals surface area contributed by atoms with Crippen molar-refractivity contribution in [3.8, 4) is 0 Å². The third kappa shape index (κ3) is 5.12. The van der Waals surface area contributed by atoms with Crippen LogP contribution in [0.5, 0.6) is 0 Å². The molecule has 9 nitrogen and oxygen atoms in total. The molecule has 3 amide bonds. The first-order chi connectivity index (χ1) is 24.0. The highest BCUT2D eigenvalue weighted by molar-refractivity contribution is 6.02. The number of carboxylic acid groups (broad SMARTS) is 1. The number of amides is 3. The van der Waals surface area contributed by atoms with Crippen molar-refractivity contribution in [3.63, 3.8) is 0 Å². The smallest absolute Gasteiger partial charge is 0.420 e. The lowest BCUT2D eigenvalue weighted by molar-refractivity contribution is -0.155. The number of rotatable bonds is 5. The SMILES string of the molecule is C[C@@H]1C(OC(=O)N2c3ccccc3C[C@@H]2C(=O)N2[C@@H](C(=O)N3Cc4ccccc4CC3C(=O)O)CC[C@H]2c2ccccc2)=C[C@@H]2C[C@H]1C2(C)C. The van der Waals surface area contributed by atoms with E-state index in [-0.39, 0.29) is 42.5 Å². The average molecular weight is 674 g/mol. The van der Waals surface area contributed by atoms with E-state index in [4.69, 9.17) is 4.74 Å². The standard InChI is InChI=1S/C41H43N3O6/c1-24-30-21-29(41(30,2)3)22-36(24)50-40(49)44-31-16-10-9-14-27(31)20-34(44)38(46)43-32(25-11-5-4-6-12-25)17-18-33(43)37(45)42-23-28-15-8-7-13-26(28)19-35(42)39(47)48/h4-16,22,24,29-30,32-35H,17-21,23H2,1-3H3,(H,47,48)/t24-,29-,30+,32-,33+,34+,35?/m0/s1. The molecule has 2 bridgehead atoms. The van der Waals surface area contributed by atoms with E-state index in [2.05, 4.69) is 26.8 Å². The molecule has 3 aromatic rings. The van der Waals surface area contributed by atoms with Crippen LogP contribution < -0.4 is 4.90 Å². The Bertz CT molecular complexity index is 1900. The number of carboxylic acids is 1. The van der Waals surface area contributed by atoms with Crippen LogP contribution in [0.15, 0.2) is 90.7 Å². The number of carbonyl (C=O) groups excluding carboxylic acids is 3. The van der Waals surface area contributed by atoms with E-state index in [0.29, 0.717) is 36.1 Å². The molecule has 2 fully saturated rings. The van der Waals surface area contributed by atoms with Gasteiger partial charge in [0.15, 0.2) is 0 Å². The molecule has 3 aliphatic carbocycles. The summed E-state index contributed by atoms with van der Waals surface area (Å²) in [5.41, 5.74) is 4.35. The topological polar surface area (TPSA) is 107 Å². The van der Waals surface area contributed by atoms with Crippen LogP contribution in [0.25, 0.3) is 0 Å². The highest BCUT2D eigenvalue weighted by atomic mass is 16.6. The van der Waals surface area contributed by atoms with Gasteiger partial charge >= 0.3 is 12.1 Å². The minimum Gasteiger partial charge on any atom is -0.480 e. The lowest BCUT2D eigenvalue weighted by atomic mass is 9.48. The molecule has 7 atom stereocenters. The summed E-state index contributed by atoms with van der Waals surface area (Å²) in [6, 6.07) is 21.4. The quantitative estimate of drug-likeness (QED) is 0.331. The zero-order valence-corrected chi connectivity index (χ0v) is 28.7. The third-order valence-electron chi connectivity index (χ3n) is 12.4. The summed E-state index contributed by atoms with van der Waals surface area (Å²) in [5, 5.41) is 10.3. The molecule has 3 aliphatic heterocycles. The number of hydrogen-bond acceptors (Lipinski definition) is 5. The predicted molar refractivity (Wildman–Crippen MR) is 187 cm³/mol. The Morgan fingerprint density at radius 2 is 1.44 bits per heavy atom. The van der Waals surface area contributed by atoms with Crippen molar-refractivity contribution in [2.75, 3.05) is 4.90 Å². The van der Waals surface area contributed by atoms with Crippen LogP contribution in [0.4, 0.5) is 10.5 Å². The van der Waals surface area contributed by atoms with E-state index < -0.39 is 36.2 Å². The fourth-order valence-electron chi connectivity index (χ4n) is 9.46. The molecule has 0 radical (unpaired) electrons. The van der Waals surface area contributed by atoms with Crippen molar-refractivity contribution >= 4 is 29.6 Å². The maximum absolute atomic E-state index is 15.1. The fourth-order valence-corrected chi connectivity index (χ4v) is 9.46. The van der Waals surface area contributed by atoms with Gasteiger partial charge in [0.05, 0.1) is 11.7 Å². The highest BCUT2D eigenvalue weighted by Crippen LogP contribution is 2.60. The number of carbonyl (C=O) groups is 4. The molecule has 3 heterocycles. The number of benzene rings is 3. The van der Waals surface area contributed by atoms with Gasteiger partial charge in [-0.25, -0.2) is 9.59 Å². The van der Waals surface area contributed by atoms with Gasteiger partial charge in [0.25, 0.3) is 0 Å². The van der Waals surface area contributed by atoms with Crippen molar-refractivity contribution in [2.24, 2.45) is 23.2 Å². The van der Waals surface area contributed by atoms with Crippen molar-refractivity contribution < 1.29 is 29.0 Å². The molecule has 6 aliphatic rings. The number of allylic oxidation sites excluding steroid dienone is 2. The Balaban J connectivity index is 1.13. The van der Waals surface area contributed by atoms with Crippen LogP contribution in [0.2, 0.25) is 0 Å². The summed E-state index contributed by atoms with van der Waals surface area (Å²) in [5.74, 6) is -0.306. The second kappa shape index (κ2) is 12.1. The largest absolute Gasteiger partial charge is 0.480 e. The summed E-state index contributed by atoms with van der Waals surface area (Å²) in [6.07, 6.45) is 3.97. The number of fused-ring (bicyclic) bond motifs is 3. The van der Waals surface area contributed by atoms with Gasteiger partial charge in [0.2, 0.25) is 11.8 Å². The first kappa shape index (κ1) is 32.3. The summed E-state index contributed by atoms with van der Waals surface area (Å²) in [4.78, 5) is 61.1. The molecule has 1 saturated carbocycles. The van der Waals surface area contributed by atoms with E-state index in [0.717, 1.165) is 28.7 Å². The highest BCUT2D eigenvalue weighted by Gasteiger charge is 2.55. The number of aliphatic carboxylic acids is 1. The Labute approximate surface area is 292 Å². The summed E-state index contributed by atoms with van der Waals surface area (Å²) >= 11 is 0. The van der Waals surface area contributed by atoms with Crippen molar-refractivity contribution in [1.82, 2.24) is 9.80 Å². The summed E-state index contributed by atoms with van der Waals surface area (Å²) in [7, 11) is 0. The van der Waals surface area contributed by atoms with Gasteiger partial charge in [-0.3, -0.25) is 14.5 Å². The zero-order valence-electron chi connectivity index (χ0n) is 28.7. The molecular formula is C41H43N3O6. The lowest BCUT2D eigenvalue weighted by Gasteiger charge is -2.57. The van der Waals surface area contributed by atoms with Crippen LogP contribution in [-0.2, 0) is 38.5 Å². The van der Waals surface area contributed by atoms with Gasteiger partial charge in [0, 0.05) is 25.3 Å². The van der Waals surface area contributed by atoms with Crippen LogP contribution >= 0.6 is 0 Å². The Hall–Kier alpha value is -4.92. The first-order valence-electron chi connectivity index (χ1n) is 17.8. The number of hydrogen-bond donors (Lipinski definition) is 1. The molecule has 50 heavy (non-hydrogen) atoms. The van der Waals surface area contributed by atoms with Crippen molar-refractivity contribution in [1.29, 1.82) is 0 Å². The van der Waals surface area contributed by atoms with E-state index in [1.165, 1.54) is 9.80 Å². The molecule has 258 valence electrons. The Morgan fingerprint density at radius 3 is 2.14 bits per heavy atom. The van der Waals surface area contributed by atoms with Crippen LogP contribution in [-0.4, -0.2) is 56.9 Å². The van der Waals surface area contributed by atoms with E-state index >= 15 is 4.79 Å². The maximum atomic E-state index is 15.1. The summed E-state index contributed by atoms with van der Waals surface area (Å²) in [6.45, 7) is 6.79. The van der Waals surface area contributed by atoms with Crippen molar-refractivity contribution in [2.45, 2.75) is 83.6 Å². The minimum atomic E-state index is -1.07.